The maximum absolute atomic E-state index is 12.7. The lowest BCUT2D eigenvalue weighted by Gasteiger charge is -2.34. The summed E-state index contributed by atoms with van der Waals surface area (Å²) < 4.78 is 6.04. The van der Waals surface area contributed by atoms with Gasteiger partial charge in [-0.3, -0.25) is 9.78 Å². The van der Waals surface area contributed by atoms with E-state index in [-0.39, 0.29) is 18.1 Å². The van der Waals surface area contributed by atoms with Crippen LogP contribution in [0.15, 0.2) is 30.3 Å². The van der Waals surface area contributed by atoms with E-state index < -0.39 is 0 Å². The average Bonchev–Trinajstić information content (AvgIpc) is 2.98. The van der Waals surface area contributed by atoms with Gasteiger partial charge >= 0.3 is 0 Å². The largest absolute Gasteiger partial charge is 0.490 e. The van der Waals surface area contributed by atoms with Crippen LogP contribution in [0.1, 0.15) is 53.0 Å². The van der Waals surface area contributed by atoms with Gasteiger partial charge in [-0.25, -0.2) is 0 Å². The Kier molecular flexibility index (Phi) is 4.75. The van der Waals surface area contributed by atoms with Crippen molar-refractivity contribution in [2.75, 3.05) is 0 Å². The van der Waals surface area contributed by atoms with Crippen molar-refractivity contribution in [3.63, 3.8) is 0 Å². The highest BCUT2D eigenvalue weighted by atomic mass is 35.5. The molecule has 1 aliphatic heterocycles. The van der Waals surface area contributed by atoms with Crippen LogP contribution in [-0.4, -0.2) is 27.9 Å². The molecule has 1 aromatic heterocycles. The van der Waals surface area contributed by atoms with E-state index in [0.717, 1.165) is 42.6 Å². The van der Waals surface area contributed by atoms with Crippen molar-refractivity contribution in [3.8, 4) is 11.8 Å². The second kappa shape index (κ2) is 7.21. The molecule has 0 bridgehead atoms. The summed E-state index contributed by atoms with van der Waals surface area (Å²) in [7, 11) is 0. The van der Waals surface area contributed by atoms with E-state index in [2.05, 4.69) is 4.98 Å². The van der Waals surface area contributed by atoms with Crippen LogP contribution in [0.25, 0.3) is 0 Å². The molecule has 5 nitrogen and oxygen atoms in total. The summed E-state index contributed by atoms with van der Waals surface area (Å²) >= 11 is 6.08. The molecule has 2 heterocycles. The summed E-state index contributed by atoms with van der Waals surface area (Å²) in [4.78, 5) is 19.2. The van der Waals surface area contributed by atoms with Crippen molar-refractivity contribution in [2.24, 2.45) is 0 Å². The van der Waals surface area contributed by atoms with Crippen LogP contribution in [0.4, 0.5) is 0 Å². The maximum Gasteiger partial charge on any atom is 0.256 e. The van der Waals surface area contributed by atoms with E-state index in [1.165, 1.54) is 0 Å². The first-order valence-corrected chi connectivity index (χ1v) is 9.57. The Morgan fingerprint density at radius 1 is 1.22 bits per heavy atom. The van der Waals surface area contributed by atoms with Crippen LogP contribution >= 0.6 is 11.6 Å². The zero-order valence-electron chi connectivity index (χ0n) is 15.1. The highest BCUT2D eigenvalue weighted by Gasteiger charge is 2.36. The molecule has 0 saturated heterocycles. The van der Waals surface area contributed by atoms with Gasteiger partial charge in [0, 0.05) is 17.8 Å². The van der Waals surface area contributed by atoms with Gasteiger partial charge in [0.05, 0.1) is 34.5 Å². The van der Waals surface area contributed by atoms with Gasteiger partial charge in [0.15, 0.2) is 0 Å². The van der Waals surface area contributed by atoms with Gasteiger partial charge in [-0.15, -0.1) is 0 Å². The Labute approximate surface area is 163 Å². The second-order valence-corrected chi connectivity index (χ2v) is 7.59. The number of hydrogen-bond donors (Lipinski definition) is 0. The molecule has 1 fully saturated rings. The first-order chi connectivity index (χ1) is 13.0. The minimum Gasteiger partial charge on any atom is -0.490 e. The number of carbonyl (C=O) groups excluding carboxylic acids is 1. The predicted octanol–water partition coefficient (Wildman–Crippen LogP) is 4.26. The fourth-order valence-electron chi connectivity index (χ4n) is 3.94. The summed E-state index contributed by atoms with van der Waals surface area (Å²) in [6.07, 6.45) is 3.69. The highest BCUT2D eigenvalue weighted by Crippen LogP contribution is 2.32. The molecule has 1 amide bonds. The van der Waals surface area contributed by atoms with E-state index in [1.807, 2.05) is 30.0 Å². The Balaban J connectivity index is 1.36. The van der Waals surface area contributed by atoms with E-state index in [9.17, 15) is 4.79 Å². The van der Waals surface area contributed by atoms with Gasteiger partial charge in [0.25, 0.3) is 5.91 Å². The van der Waals surface area contributed by atoms with Gasteiger partial charge in [-0.1, -0.05) is 11.6 Å². The summed E-state index contributed by atoms with van der Waals surface area (Å²) in [5, 5.41) is 9.36. The maximum atomic E-state index is 12.7. The molecular formula is C21H20ClN3O2. The SMILES string of the molecule is Cc1ccc2c(n1)CN([C@H]1CC[C@H](Oc3ccc(C#N)c(Cl)c3)CC1)C2=O. The number of fused-ring (bicyclic) bond motifs is 1. The molecule has 27 heavy (non-hydrogen) atoms. The number of pyridine rings is 1. The Bertz CT molecular complexity index is 930. The van der Waals surface area contributed by atoms with Crippen molar-refractivity contribution in [3.05, 3.63) is 57.9 Å². The van der Waals surface area contributed by atoms with Crippen LogP contribution in [-0.2, 0) is 6.54 Å². The van der Waals surface area contributed by atoms with Crippen molar-refractivity contribution in [1.82, 2.24) is 9.88 Å². The Morgan fingerprint density at radius 2 is 2.00 bits per heavy atom. The zero-order chi connectivity index (χ0) is 19.0. The summed E-state index contributed by atoms with van der Waals surface area (Å²) in [5.41, 5.74) is 3.03. The number of nitriles is 1. The molecule has 4 rings (SSSR count). The summed E-state index contributed by atoms with van der Waals surface area (Å²) in [6.45, 7) is 2.56. The van der Waals surface area contributed by atoms with Crippen LogP contribution in [0.3, 0.4) is 0 Å². The quantitative estimate of drug-likeness (QED) is 0.796. The molecule has 2 aromatic rings. The third kappa shape index (κ3) is 3.50. The van der Waals surface area contributed by atoms with E-state index in [4.69, 9.17) is 21.6 Å². The van der Waals surface area contributed by atoms with Gasteiger partial charge in [-0.05, 0) is 56.9 Å². The average molecular weight is 382 g/mol. The zero-order valence-corrected chi connectivity index (χ0v) is 15.9. The number of ether oxygens (including phenoxy) is 1. The summed E-state index contributed by atoms with van der Waals surface area (Å²) in [5.74, 6) is 0.785. The van der Waals surface area contributed by atoms with Crippen molar-refractivity contribution in [1.29, 1.82) is 5.26 Å². The molecule has 1 aliphatic carbocycles. The number of hydrogen-bond acceptors (Lipinski definition) is 4. The molecule has 138 valence electrons. The standard InChI is InChI=1S/C21H20ClN3O2/c1-13-2-9-18-20(24-13)12-25(21(18)26)15-4-7-16(8-5-15)27-17-6-3-14(11-23)19(22)10-17/h2-3,6,9-10,15-16H,4-5,7-8,12H2,1H3/t15-,16-. The molecule has 2 aliphatic rings. The molecule has 0 unspecified atom stereocenters. The number of aryl methyl sites for hydroxylation is 1. The Hall–Kier alpha value is -2.58. The topological polar surface area (TPSA) is 66.2 Å². The molecule has 1 aromatic carbocycles. The van der Waals surface area contributed by atoms with Gasteiger partial charge in [0.1, 0.15) is 11.8 Å². The first-order valence-electron chi connectivity index (χ1n) is 9.19. The smallest absolute Gasteiger partial charge is 0.256 e. The molecular weight excluding hydrogens is 362 g/mol. The van der Waals surface area contributed by atoms with Gasteiger partial charge in [-0.2, -0.15) is 5.26 Å². The first kappa shape index (κ1) is 17.8. The monoisotopic (exact) mass is 381 g/mol. The van der Waals surface area contributed by atoms with E-state index in [1.54, 1.807) is 18.2 Å². The number of rotatable bonds is 3. The number of benzene rings is 1. The van der Waals surface area contributed by atoms with E-state index >= 15 is 0 Å². The second-order valence-electron chi connectivity index (χ2n) is 7.18. The number of aromatic nitrogens is 1. The number of carbonyl (C=O) groups is 1. The van der Waals surface area contributed by atoms with Gasteiger partial charge < -0.3 is 9.64 Å². The third-order valence-corrected chi connectivity index (χ3v) is 5.69. The van der Waals surface area contributed by atoms with Crippen molar-refractivity contribution >= 4 is 17.5 Å². The molecule has 0 spiro atoms. The minimum absolute atomic E-state index is 0.0979. The molecule has 6 heteroatoms. The van der Waals surface area contributed by atoms with Crippen LogP contribution in [0, 0.1) is 18.3 Å². The van der Waals surface area contributed by atoms with Crippen LogP contribution in [0.2, 0.25) is 5.02 Å². The molecule has 1 saturated carbocycles. The number of halogens is 1. The molecule has 0 atom stereocenters. The minimum atomic E-state index is 0.0979. The van der Waals surface area contributed by atoms with Crippen LogP contribution < -0.4 is 4.74 Å². The fourth-order valence-corrected chi connectivity index (χ4v) is 4.15. The normalized spacial score (nSPS) is 21.7. The highest BCUT2D eigenvalue weighted by molar-refractivity contribution is 6.31. The lowest BCUT2D eigenvalue weighted by molar-refractivity contribution is 0.0560. The lowest BCUT2D eigenvalue weighted by atomic mass is 9.92. The molecule has 0 radical (unpaired) electrons. The predicted molar refractivity (Wildman–Crippen MR) is 102 cm³/mol. The van der Waals surface area contributed by atoms with Crippen LogP contribution in [0.5, 0.6) is 5.75 Å². The molecule has 0 N–H and O–H groups in total. The third-order valence-electron chi connectivity index (χ3n) is 5.37. The van der Waals surface area contributed by atoms with Crippen molar-refractivity contribution in [2.45, 2.75) is 51.3 Å². The van der Waals surface area contributed by atoms with Gasteiger partial charge in [0.2, 0.25) is 0 Å². The number of amides is 1. The van der Waals surface area contributed by atoms with E-state index in [0.29, 0.717) is 22.9 Å². The lowest BCUT2D eigenvalue weighted by Crippen LogP contribution is -2.40. The van der Waals surface area contributed by atoms with Crippen molar-refractivity contribution < 1.29 is 9.53 Å². The number of nitrogens with zero attached hydrogens (tertiary/aromatic N) is 3. The summed E-state index contributed by atoms with van der Waals surface area (Å²) in [6, 6.07) is 11.2. The fraction of sp³-hybridized carbons (Fsp3) is 0.381. The Morgan fingerprint density at radius 3 is 2.70 bits per heavy atom.